The van der Waals surface area contributed by atoms with Gasteiger partial charge in [-0.15, -0.1) is 0 Å². The van der Waals surface area contributed by atoms with Crippen molar-refractivity contribution in [1.82, 2.24) is 25.1 Å². The number of rotatable bonds is 4. The van der Waals surface area contributed by atoms with E-state index in [1.54, 1.807) is 6.33 Å². The van der Waals surface area contributed by atoms with Gasteiger partial charge in [-0.2, -0.15) is 9.97 Å². The van der Waals surface area contributed by atoms with Gasteiger partial charge in [0.1, 0.15) is 6.33 Å². The Hall–Kier alpha value is -3.29. The molecule has 8 heteroatoms. The molecule has 0 unspecified atom stereocenters. The predicted molar refractivity (Wildman–Crippen MR) is 103 cm³/mol. The van der Waals surface area contributed by atoms with Crippen LogP contribution in [0.25, 0.3) is 22.6 Å². The van der Waals surface area contributed by atoms with Crippen LogP contribution in [0.15, 0.2) is 45.6 Å². The number of nitrogens with zero attached hydrogens (tertiary/aromatic N) is 6. The highest BCUT2D eigenvalue weighted by Gasteiger charge is 2.27. The van der Waals surface area contributed by atoms with Gasteiger partial charge in [0.05, 0.1) is 0 Å². The van der Waals surface area contributed by atoms with Gasteiger partial charge in [0.15, 0.2) is 17.2 Å². The number of aryl methyl sites for hydroxylation is 1. The highest BCUT2D eigenvalue weighted by Crippen LogP contribution is 2.32. The van der Waals surface area contributed by atoms with Crippen molar-refractivity contribution in [2.45, 2.75) is 32.1 Å². The average Bonchev–Trinajstić information content (AvgIpc) is 3.41. The minimum Gasteiger partial charge on any atom is -0.422 e. The van der Waals surface area contributed by atoms with Crippen LogP contribution in [-0.4, -0.2) is 38.2 Å². The van der Waals surface area contributed by atoms with Crippen LogP contribution in [0.1, 0.15) is 37.5 Å². The summed E-state index contributed by atoms with van der Waals surface area (Å²) in [6.45, 7) is 3.69. The first kappa shape index (κ1) is 16.9. The molecule has 0 saturated carbocycles. The van der Waals surface area contributed by atoms with Crippen LogP contribution in [0.2, 0.25) is 0 Å². The molecule has 0 aliphatic carbocycles. The van der Waals surface area contributed by atoms with E-state index in [1.807, 2.05) is 37.3 Å². The second-order valence-corrected chi connectivity index (χ2v) is 6.90. The van der Waals surface area contributed by atoms with Crippen molar-refractivity contribution in [3.05, 3.63) is 48.4 Å². The molecular formula is C20H20N6O2. The van der Waals surface area contributed by atoms with Gasteiger partial charge in [0.25, 0.3) is 5.71 Å². The normalized spacial score (nSPS) is 15.4. The molecule has 1 aromatic carbocycles. The van der Waals surface area contributed by atoms with E-state index in [0.29, 0.717) is 23.3 Å². The molecule has 0 radical (unpaired) electrons. The van der Waals surface area contributed by atoms with Crippen LogP contribution in [0.3, 0.4) is 0 Å². The molecule has 5 rings (SSSR count). The molecule has 0 amide bonds. The molecule has 8 nitrogen and oxygen atoms in total. The largest absolute Gasteiger partial charge is 0.422 e. The summed E-state index contributed by atoms with van der Waals surface area (Å²) in [6.07, 6.45) is 4.11. The number of aromatic nitrogens is 5. The summed E-state index contributed by atoms with van der Waals surface area (Å²) >= 11 is 0. The van der Waals surface area contributed by atoms with Gasteiger partial charge in [0, 0.05) is 31.0 Å². The summed E-state index contributed by atoms with van der Waals surface area (Å²) in [5.74, 6) is 3.13. The smallest absolute Gasteiger partial charge is 0.252 e. The number of piperidine rings is 1. The van der Waals surface area contributed by atoms with E-state index < -0.39 is 0 Å². The fourth-order valence-corrected chi connectivity index (χ4v) is 3.61. The zero-order valence-corrected chi connectivity index (χ0v) is 15.6. The summed E-state index contributed by atoms with van der Waals surface area (Å²) in [5.41, 5.74) is 2.26. The lowest BCUT2D eigenvalue weighted by Gasteiger charge is -2.31. The van der Waals surface area contributed by atoms with Crippen LogP contribution in [-0.2, 0) is 6.42 Å². The minimum absolute atomic E-state index is 0.252. The summed E-state index contributed by atoms with van der Waals surface area (Å²) in [7, 11) is 0. The van der Waals surface area contributed by atoms with Crippen LogP contribution in [0.5, 0.6) is 0 Å². The summed E-state index contributed by atoms with van der Waals surface area (Å²) < 4.78 is 11.2. The Labute approximate surface area is 161 Å². The molecule has 1 saturated heterocycles. The van der Waals surface area contributed by atoms with Crippen molar-refractivity contribution in [3.8, 4) is 11.4 Å². The van der Waals surface area contributed by atoms with Crippen molar-refractivity contribution in [2.24, 2.45) is 0 Å². The lowest BCUT2D eigenvalue weighted by Crippen LogP contribution is -2.33. The fraction of sp³-hybridized carbons (Fsp3) is 0.350. The molecule has 0 bridgehead atoms. The molecule has 0 atom stereocenters. The molecule has 1 fully saturated rings. The zero-order valence-electron chi connectivity index (χ0n) is 15.6. The molecule has 142 valence electrons. The molecule has 1 aliphatic rings. The number of oxazole rings is 1. The first-order valence-electron chi connectivity index (χ1n) is 9.56. The molecule has 0 N–H and O–H groups in total. The van der Waals surface area contributed by atoms with Crippen molar-refractivity contribution in [2.75, 3.05) is 18.0 Å². The van der Waals surface area contributed by atoms with Crippen molar-refractivity contribution >= 4 is 17.0 Å². The van der Waals surface area contributed by atoms with Gasteiger partial charge in [-0.3, -0.25) is 0 Å². The van der Waals surface area contributed by atoms with Gasteiger partial charge >= 0.3 is 0 Å². The molecule has 4 aromatic rings. The van der Waals surface area contributed by atoms with Crippen LogP contribution in [0, 0.1) is 0 Å². The predicted octanol–water partition coefficient (Wildman–Crippen LogP) is 3.61. The van der Waals surface area contributed by atoms with E-state index in [9.17, 15) is 0 Å². The zero-order chi connectivity index (χ0) is 18.9. The lowest BCUT2D eigenvalue weighted by molar-refractivity contribution is 0.329. The summed E-state index contributed by atoms with van der Waals surface area (Å²) in [4.78, 5) is 20.1. The maximum absolute atomic E-state index is 5.66. The first-order chi connectivity index (χ1) is 13.8. The fourth-order valence-electron chi connectivity index (χ4n) is 3.61. The SMILES string of the molecule is CCc1nc2c(N3CCC(c4nc(-c5ccccc5)no4)CC3)ncnc2o1. The van der Waals surface area contributed by atoms with E-state index in [2.05, 4.69) is 30.0 Å². The standard InChI is InChI=1S/C20H20N6O2/c1-2-15-23-16-18(21-12-22-20(16)27-15)26-10-8-14(9-11-26)19-24-17(25-28-19)13-6-4-3-5-7-13/h3-7,12,14H,2,8-11H2,1H3. The third-order valence-electron chi connectivity index (χ3n) is 5.14. The summed E-state index contributed by atoms with van der Waals surface area (Å²) in [6, 6.07) is 9.89. The second-order valence-electron chi connectivity index (χ2n) is 6.90. The Balaban J connectivity index is 1.32. The Kier molecular flexibility index (Phi) is 4.23. The van der Waals surface area contributed by atoms with E-state index in [-0.39, 0.29) is 5.92 Å². The lowest BCUT2D eigenvalue weighted by atomic mass is 9.96. The Morgan fingerprint density at radius 2 is 1.89 bits per heavy atom. The molecule has 0 spiro atoms. The van der Waals surface area contributed by atoms with Crippen LogP contribution >= 0.6 is 0 Å². The molecule has 4 heterocycles. The first-order valence-corrected chi connectivity index (χ1v) is 9.56. The summed E-state index contributed by atoms with van der Waals surface area (Å²) in [5, 5.41) is 4.15. The molecule has 1 aliphatic heterocycles. The van der Waals surface area contributed by atoms with E-state index in [1.165, 1.54) is 0 Å². The van der Waals surface area contributed by atoms with E-state index in [4.69, 9.17) is 8.94 Å². The highest BCUT2D eigenvalue weighted by atomic mass is 16.5. The van der Waals surface area contributed by atoms with Gasteiger partial charge in [-0.25, -0.2) is 9.97 Å². The average molecular weight is 376 g/mol. The third kappa shape index (κ3) is 3.00. The van der Waals surface area contributed by atoms with Crippen LogP contribution < -0.4 is 4.90 Å². The third-order valence-corrected chi connectivity index (χ3v) is 5.14. The maximum atomic E-state index is 5.66. The van der Waals surface area contributed by atoms with Gasteiger partial charge in [0.2, 0.25) is 11.7 Å². The highest BCUT2D eigenvalue weighted by molar-refractivity contribution is 5.81. The number of fused-ring (bicyclic) bond motifs is 1. The Bertz CT molecular complexity index is 1080. The minimum atomic E-state index is 0.252. The van der Waals surface area contributed by atoms with Crippen molar-refractivity contribution < 1.29 is 8.94 Å². The molecule has 3 aromatic heterocycles. The Morgan fingerprint density at radius 3 is 2.68 bits per heavy atom. The van der Waals surface area contributed by atoms with Crippen molar-refractivity contribution in [1.29, 1.82) is 0 Å². The Morgan fingerprint density at radius 1 is 1.07 bits per heavy atom. The quantitative estimate of drug-likeness (QED) is 0.533. The number of benzene rings is 1. The van der Waals surface area contributed by atoms with E-state index >= 15 is 0 Å². The van der Waals surface area contributed by atoms with Gasteiger partial charge < -0.3 is 13.8 Å². The van der Waals surface area contributed by atoms with E-state index in [0.717, 1.165) is 49.2 Å². The number of hydrogen-bond acceptors (Lipinski definition) is 8. The maximum Gasteiger partial charge on any atom is 0.252 e. The monoisotopic (exact) mass is 376 g/mol. The van der Waals surface area contributed by atoms with Gasteiger partial charge in [-0.1, -0.05) is 42.4 Å². The van der Waals surface area contributed by atoms with Crippen molar-refractivity contribution in [3.63, 3.8) is 0 Å². The van der Waals surface area contributed by atoms with Crippen LogP contribution in [0.4, 0.5) is 5.82 Å². The topological polar surface area (TPSA) is 94.0 Å². The van der Waals surface area contributed by atoms with Gasteiger partial charge in [-0.05, 0) is 12.8 Å². The number of hydrogen-bond donors (Lipinski definition) is 0. The second kappa shape index (κ2) is 7.03. The number of anilines is 1. The molecular weight excluding hydrogens is 356 g/mol. The molecule has 28 heavy (non-hydrogen) atoms.